The van der Waals surface area contributed by atoms with Gasteiger partial charge in [0.25, 0.3) is 0 Å². The summed E-state index contributed by atoms with van der Waals surface area (Å²) < 4.78 is 0. The van der Waals surface area contributed by atoms with E-state index in [2.05, 4.69) is 60.9 Å². The van der Waals surface area contributed by atoms with Gasteiger partial charge in [-0.3, -0.25) is 0 Å². The number of nitrogen functional groups attached to an aromatic ring is 4. The summed E-state index contributed by atoms with van der Waals surface area (Å²) in [6, 6.07) is 35.9. The zero-order valence-corrected chi connectivity index (χ0v) is 29.5. The molecule has 11 N–H and O–H groups in total. The van der Waals surface area contributed by atoms with Crippen LogP contribution < -0.4 is 33.6 Å². The van der Waals surface area contributed by atoms with Gasteiger partial charge in [-0.05, 0) is 94.1 Å². The Balaban J connectivity index is 0.000000226. The number of aliphatic hydroxyl groups is 1. The van der Waals surface area contributed by atoms with Gasteiger partial charge in [0.05, 0.1) is 0 Å². The van der Waals surface area contributed by atoms with Gasteiger partial charge in [-0.1, -0.05) is 72.8 Å². The predicted molar refractivity (Wildman–Crippen MR) is 212 cm³/mol. The fraction of sp³-hybridized carbons (Fsp3) is 0.200. The number of carbonyl (C=O) groups excluding carboxylic acids is 2. The second kappa shape index (κ2) is 18.5. The molecule has 1 aliphatic heterocycles. The van der Waals surface area contributed by atoms with Gasteiger partial charge >= 0.3 is 0 Å². The summed E-state index contributed by atoms with van der Waals surface area (Å²) in [7, 11) is 1.00. The van der Waals surface area contributed by atoms with Gasteiger partial charge in [0.15, 0.2) is 0 Å². The molecule has 0 amide bonds. The van der Waals surface area contributed by atoms with Gasteiger partial charge in [0.1, 0.15) is 17.2 Å². The monoisotopic (exact) mass is 662 g/mol. The fourth-order valence-corrected chi connectivity index (χ4v) is 5.05. The Labute approximate surface area is 289 Å². The van der Waals surface area contributed by atoms with Gasteiger partial charge in [0, 0.05) is 57.4 Å². The number of aliphatic hydroxyl groups excluding tert-OH is 1. The summed E-state index contributed by atoms with van der Waals surface area (Å²) in [4.78, 5) is 18.9. The van der Waals surface area contributed by atoms with Crippen LogP contribution >= 0.6 is 0 Å². The molecule has 9 heteroatoms. The number of hydrogen-bond donors (Lipinski definition) is 7. The fourth-order valence-electron chi connectivity index (χ4n) is 5.05. The lowest BCUT2D eigenvalue weighted by Gasteiger charge is -2.35. The van der Waals surface area contributed by atoms with Crippen LogP contribution in [-0.4, -0.2) is 29.4 Å². The highest BCUT2D eigenvalue weighted by molar-refractivity contribution is 6.05. The molecule has 1 heterocycles. The Morgan fingerprint density at radius 2 is 0.694 bits per heavy atom. The summed E-state index contributed by atoms with van der Waals surface area (Å²) in [6.07, 6.45) is 0. The van der Waals surface area contributed by atoms with E-state index in [1.54, 1.807) is 0 Å². The molecule has 6 aromatic carbocycles. The molecule has 0 unspecified atom stereocenters. The minimum atomic E-state index is -0.0807. The number of anilines is 6. The number of carbonyl (C=O) groups is 2. The minimum absolute atomic E-state index is 0.0807. The summed E-state index contributed by atoms with van der Waals surface area (Å²) in [5.74, 6) is 0.333. The first-order chi connectivity index (χ1) is 23.2. The van der Waals surface area contributed by atoms with Crippen LogP contribution in [0.5, 0.6) is 0 Å². The van der Waals surface area contributed by atoms with E-state index in [0.717, 1.165) is 51.4 Å². The molecule has 0 aromatic heterocycles. The van der Waals surface area contributed by atoms with Crippen molar-refractivity contribution in [2.75, 3.05) is 40.7 Å². The van der Waals surface area contributed by atoms with Crippen molar-refractivity contribution in [2.45, 2.75) is 47.2 Å². The van der Waals surface area contributed by atoms with E-state index in [0.29, 0.717) is 0 Å². The summed E-state index contributed by atoms with van der Waals surface area (Å²) >= 11 is 0. The van der Waals surface area contributed by atoms with E-state index in [9.17, 15) is 9.59 Å². The number of nitrogens with one attached hydrogen (secondary N) is 2. The third-order valence-electron chi connectivity index (χ3n) is 6.74. The largest absolute Gasteiger partial charge is 0.400 e. The van der Waals surface area contributed by atoms with Crippen LogP contribution in [0, 0.1) is 0 Å². The Bertz CT molecular complexity index is 1790. The highest BCUT2D eigenvalue weighted by atomic mass is 16.2. The van der Waals surface area contributed by atoms with Crippen LogP contribution in [0.2, 0.25) is 0 Å². The van der Waals surface area contributed by atoms with Crippen LogP contribution in [0.15, 0.2) is 109 Å². The van der Waals surface area contributed by atoms with Crippen molar-refractivity contribution in [1.29, 1.82) is 0 Å². The average Bonchev–Trinajstić information content (AvgIpc) is 3.02. The maximum atomic E-state index is 9.44. The zero-order valence-electron chi connectivity index (χ0n) is 29.5. The number of rotatable bonds is 0. The number of hydrogen-bond acceptors (Lipinski definition) is 9. The molecule has 0 aliphatic carbocycles. The van der Waals surface area contributed by atoms with Crippen LogP contribution in [0.3, 0.4) is 0 Å². The molecule has 0 saturated heterocycles. The van der Waals surface area contributed by atoms with Crippen molar-refractivity contribution in [3.8, 4) is 0 Å². The topological polar surface area (TPSA) is 183 Å². The standard InChI is InChI=1S/C13H14N2.2C10H10N2.2C3H6O.CH4O/c1-13(2)14-10-7-3-5-9-6-4-8-11(15-13)12(9)10;2*11-8-5-1-3-7-4-2-6-9(12)10(7)8;2*1-3(2)4;1-2/h3-8,14-15H,1-2H3;2*1-6H,11-12H2;2*1-2H3;2H,1H3. The summed E-state index contributed by atoms with van der Waals surface area (Å²) in [5, 5.41) is 20.6. The van der Waals surface area contributed by atoms with Crippen molar-refractivity contribution in [3.63, 3.8) is 0 Å². The Hall–Kier alpha value is -5.80. The molecule has 0 bridgehead atoms. The zero-order chi connectivity index (χ0) is 36.7. The number of ketones is 2. The normalized spacial score (nSPS) is 11.4. The molecule has 0 radical (unpaired) electrons. The Morgan fingerprint density at radius 1 is 0.469 bits per heavy atom. The van der Waals surface area contributed by atoms with Crippen molar-refractivity contribution in [1.82, 2.24) is 0 Å². The third-order valence-corrected chi connectivity index (χ3v) is 6.74. The molecule has 0 saturated carbocycles. The minimum Gasteiger partial charge on any atom is -0.400 e. The van der Waals surface area contributed by atoms with Crippen molar-refractivity contribution in [3.05, 3.63) is 109 Å². The molecule has 6 aromatic rings. The molecule has 0 fully saturated rings. The number of benzene rings is 6. The Kier molecular flexibility index (Phi) is 14.9. The quantitative estimate of drug-likeness (QED) is 0.0788. The molecule has 258 valence electrons. The van der Waals surface area contributed by atoms with Gasteiger partial charge in [-0.15, -0.1) is 0 Å². The predicted octanol–water partition coefficient (Wildman–Crippen LogP) is 8.22. The first-order valence-corrected chi connectivity index (χ1v) is 15.7. The van der Waals surface area contributed by atoms with Gasteiger partial charge in [-0.25, -0.2) is 0 Å². The molecule has 7 rings (SSSR count). The molecule has 9 nitrogen and oxygen atoms in total. The average molecular weight is 663 g/mol. The van der Waals surface area contributed by atoms with Gasteiger partial charge in [0.2, 0.25) is 0 Å². The first kappa shape index (κ1) is 39.4. The van der Waals surface area contributed by atoms with E-state index in [1.807, 2.05) is 72.8 Å². The molecular weight excluding hydrogens is 612 g/mol. The molecule has 0 spiro atoms. The lowest BCUT2D eigenvalue weighted by atomic mass is 10.0. The van der Waals surface area contributed by atoms with E-state index < -0.39 is 0 Å². The van der Waals surface area contributed by atoms with Gasteiger partial charge in [-0.2, -0.15) is 0 Å². The number of fused-ring (bicyclic) bond motifs is 2. The molecule has 1 aliphatic rings. The van der Waals surface area contributed by atoms with Crippen LogP contribution in [0.25, 0.3) is 32.3 Å². The lowest BCUT2D eigenvalue weighted by Crippen LogP contribution is -2.41. The number of Topliss-reactive ketones (excluding diaryl/α,β-unsaturated/α-hetero) is 2. The maximum Gasteiger partial charge on any atom is 0.126 e. The SMILES string of the molecule is CC(C)=O.CC(C)=O.CC1(C)Nc2cccc3cccc(c23)N1.CO.Nc1cccc2cccc(N)c12.Nc1cccc2cccc(N)c12. The highest BCUT2D eigenvalue weighted by Crippen LogP contribution is 2.37. The maximum absolute atomic E-state index is 9.44. The lowest BCUT2D eigenvalue weighted by molar-refractivity contribution is -0.115. The van der Waals surface area contributed by atoms with Crippen molar-refractivity contribution >= 4 is 78.0 Å². The van der Waals surface area contributed by atoms with Crippen molar-refractivity contribution < 1.29 is 14.7 Å². The van der Waals surface area contributed by atoms with E-state index in [4.69, 9.17) is 28.0 Å². The van der Waals surface area contributed by atoms with Crippen LogP contribution in [0.1, 0.15) is 41.5 Å². The second-order valence-corrected chi connectivity index (χ2v) is 12.0. The smallest absolute Gasteiger partial charge is 0.126 e. The van der Waals surface area contributed by atoms with E-state index >= 15 is 0 Å². The number of nitrogens with two attached hydrogens (primary N) is 4. The first-order valence-electron chi connectivity index (χ1n) is 15.7. The molecule has 49 heavy (non-hydrogen) atoms. The van der Waals surface area contributed by atoms with Crippen LogP contribution in [0.4, 0.5) is 34.1 Å². The van der Waals surface area contributed by atoms with Gasteiger partial charge < -0.3 is 48.3 Å². The van der Waals surface area contributed by atoms with Crippen molar-refractivity contribution in [2.24, 2.45) is 0 Å². The van der Waals surface area contributed by atoms with E-state index in [-0.39, 0.29) is 17.2 Å². The summed E-state index contributed by atoms with van der Waals surface area (Å²) in [6.45, 7) is 10.4. The summed E-state index contributed by atoms with van der Waals surface area (Å²) in [5.41, 5.74) is 28.4. The Morgan fingerprint density at radius 3 is 0.939 bits per heavy atom. The highest BCUT2D eigenvalue weighted by Gasteiger charge is 2.24. The van der Waals surface area contributed by atoms with E-state index in [1.165, 1.54) is 49.8 Å². The molecular formula is C40H50N6O3. The van der Waals surface area contributed by atoms with Crippen LogP contribution in [-0.2, 0) is 9.59 Å². The second-order valence-electron chi connectivity index (χ2n) is 12.0. The molecule has 0 atom stereocenters. The third kappa shape index (κ3) is 11.7.